The lowest BCUT2D eigenvalue weighted by atomic mass is 9.93. The number of aromatic nitrogens is 1. The van der Waals surface area contributed by atoms with Gasteiger partial charge in [-0.25, -0.2) is 14.8 Å². The maximum Gasteiger partial charge on any atom is 0.197 e. The van der Waals surface area contributed by atoms with Crippen LogP contribution >= 0.6 is 0 Å². The van der Waals surface area contributed by atoms with E-state index in [0.29, 0.717) is 18.4 Å². The van der Waals surface area contributed by atoms with E-state index < -0.39 is 0 Å². The van der Waals surface area contributed by atoms with Crippen LogP contribution in [-0.2, 0) is 12.0 Å². The molecule has 2 aliphatic rings. The van der Waals surface area contributed by atoms with Crippen LogP contribution in [-0.4, -0.2) is 12.0 Å². The average Bonchev–Trinajstić information content (AvgIpc) is 3.47. The Morgan fingerprint density at radius 3 is 2.74 bits per heavy atom. The fourth-order valence-corrected chi connectivity index (χ4v) is 3.99. The Morgan fingerprint density at radius 1 is 1.32 bits per heavy atom. The molecule has 3 N–H and O–H groups in total. The maximum atomic E-state index is 12.8. The largest absolute Gasteiger partial charge is 0.448 e. The summed E-state index contributed by atoms with van der Waals surface area (Å²) in [6.45, 7) is 13.3. The molecule has 2 aromatic rings. The van der Waals surface area contributed by atoms with Crippen LogP contribution in [0.1, 0.15) is 70.0 Å². The number of hydrogen-bond acceptors (Lipinski definition) is 5. The van der Waals surface area contributed by atoms with Crippen molar-refractivity contribution in [1.82, 2.24) is 15.7 Å². The third-order valence-electron chi connectivity index (χ3n) is 6.05. The van der Waals surface area contributed by atoms with Gasteiger partial charge in [0, 0.05) is 36.2 Å². The molecule has 6 heteroatoms. The van der Waals surface area contributed by atoms with Crippen LogP contribution in [0.15, 0.2) is 52.8 Å². The number of anilines is 1. The van der Waals surface area contributed by atoms with Gasteiger partial charge in [-0.05, 0) is 50.3 Å². The zero-order valence-electron chi connectivity index (χ0n) is 19.3. The summed E-state index contributed by atoms with van der Waals surface area (Å²) in [6, 6.07) is 5.00. The van der Waals surface area contributed by atoms with Gasteiger partial charge in [-0.2, -0.15) is 0 Å². The fourth-order valence-electron chi connectivity index (χ4n) is 3.99. The molecule has 1 aromatic carbocycles. The number of nitrogens with one attached hydrogen (secondary N) is 3. The molecule has 1 aromatic heterocycles. The molecule has 2 unspecified atom stereocenters. The molecule has 2 heterocycles. The fraction of sp³-hybridized carbons (Fsp3) is 0.480. The highest BCUT2D eigenvalue weighted by molar-refractivity contribution is 5.53. The molecule has 31 heavy (non-hydrogen) atoms. The first-order valence-electron chi connectivity index (χ1n) is 11.0. The quantitative estimate of drug-likeness (QED) is 0.540. The summed E-state index contributed by atoms with van der Waals surface area (Å²) in [6.07, 6.45) is 7.48. The Kier molecular flexibility index (Phi) is 7.21. The molecule has 4 rings (SSSR count). The van der Waals surface area contributed by atoms with Crippen molar-refractivity contribution in [3.8, 4) is 0 Å². The lowest BCUT2D eigenvalue weighted by Crippen LogP contribution is -2.11. The zero-order valence-corrected chi connectivity index (χ0v) is 19.3. The van der Waals surface area contributed by atoms with E-state index in [4.69, 9.17) is 9.40 Å². The molecule has 1 saturated carbocycles. The van der Waals surface area contributed by atoms with E-state index in [1.807, 2.05) is 19.4 Å². The van der Waals surface area contributed by atoms with Gasteiger partial charge in [0.05, 0.1) is 11.4 Å². The smallest absolute Gasteiger partial charge is 0.197 e. The number of likely N-dealkylation sites (N-methyl/N-ethyl adjacent to an activating group) is 1. The number of allylic oxidation sites excluding steroid dienone is 2. The van der Waals surface area contributed by atoms with Crippen LogP contribution in [0, 0.1) is 11.7 Å². The van der Waals surface area contributed by atoms with E-state index in [1.54, 1.807) is 6.07 Å². The molecule has 0 saturated heterocycles. The minimum atomic E-state index is -0.144. The van der Waals surface area contributed by atoms with Crippen molar-refractivity contribution < 1.29 is 8.81 Å². The summed E-state index contributed by atoms with van der Waals surface area (Å²) in [5, 5.41) is 3.08. The Hall–Kier alpha value is -2.60. The Morgan fingerprint density at radius 2 is 2.10 bits per heavy atom. The molecule has 2 atom stereocenters. The number of hydrazine groups is 1. The van der Waals surface area contributed by atoms with E-state index in [2.05, 4.69) is 56.5 Å². The lowest BCUT2D eigenvalue weighted by Gasteiger charge is -2.13. The second kappa shape index (κ2) is 9.69. The first-order chi connectivity index (χ1) is 14.7. The zero-order chi connectivity index (χ0) is 22.6. The average molecular weight is 427 g/mol. The molecule has 1 aliphatic carbocycles. The molecule has 0 bridgehead atoms. The Bertz CT molecular complexity index is 941. The Labute approximate surface area is 185 Å². The first kappa shape index (κ1) is 23.1. The van der Waals surface area contributed by atoms with Crippen molar-refractivity contribution in [1.29, 1.82) is 0 Å². The van der Waals surface area contributed by atoms with Crippen molar-refractivity contribution in [2.24, 2.45) is 5.92 Å². The normalized spacial score (nSPS) is 20.5. The standard InChI is InChI=1S/C18H28N2O.C7H7FN2/c1-12(9-13(2)19-6)14-7-8-15(10-14)17-20-16(11-21-17)18(3,4)5;8-6-2-1-3-7-5(6)4-9-10-7/h9,11,14-15,19H,2,7-8,10H2,1,3-6H3;1-3,9-10H,4H2/b12-9+;. The van der Waals surface area contributed by atoms with E-state index in [1.165, 1.54) is 18.1 Å². The van der Waals surface area contributed by atoms with Crippen LogP contribution in [0.5, 0.6) is 0 Å². The SMILES string of the molecule is C=C(/C=C(\C)C1CCC(c2nc(C(C)(C)C)co2)C1)NC.Fc1cccc2c1CNN2. The number of rotatable bonds is 4. The molecule has 0 radical (unpaired) electrons. The predicted octanol–water partition coefficient (Wildman–Crippen LogP) is 5.79. The second-order valence-corrected chi connectivity index (χ2v) is 9.44. The van der Waals surface area contributed by atoms with Gasteiger partial charge < -0.3 is 15.2 Å². The highest BCUT2D eigenvalue weighted by atomic mass is 19.1. The van der Waals surface area contributed by atoms with Gasteiger partial charge in [-0.3, -0.25) is 0 Å². The van der Waals surface area contributed by atoms with Crippen LogP contribution in [0.3, 0.4) is 0 Å². The van der Waals surface area contributed by atoms with Gasteiger partial charge in [0.15, 0.2) is 5.89 Å². The summed E-state index contributed by atoms with van der Waals surface area (Å²) in [5.41, 5.74) is 10.7. The van der Waals surface area contributed by atoms with Crippen LogP contribution in [0.25, 0.3) is 0 Å². The van der Waals surface area contributed by atoms with Gasteiger partial charge >= 0.3 is 0 Å². The highest BCUT2D eigenvalue weighted by Gasteiger charge is 2.31. The molecular weight excluding hydrogens is 391 g/mol. The molecule has 1 aliphatic heterocycles. The molecule has 1 fully saturated rings. The van der Waals surface area contributed by atoms with E-state index >= 15 is 0 Å². The number of halogens is 1. The number of benzene rings is 1. The Balaban J connectivity index is 0.000000225. The summed E-state index contributed by atoms with van der Waals surface area (Å²) in [4.78, 5) is 4.72. The van der Waals surface area contributed by atoms with E-state index in [9.17, 15) is 4.39 Å². The van der Waals surface area contributed by atoms with E-state index in [-0.39, 0.29) is 11.2 Å². The molecule has 0 spiro atoms. The number of oxazole rings is 1. The number of hydrogen-bond donors (Lipinski definition) is 3. The van der Waals surface area contributed by atoms with Crippen LogP contribution < -0.4 is 16.2 Å². The third kappa shape index (κ3) is 5.76. The van der Waals surface area contributed by atoms with Crippen molar-refractivity contribution in [3.05, 3.63) is 71.4 Å². The van der Waals surface area contributed by atoms with Gasteiger partial charge in [0.2, 0.25) is 0 Å². The summed E-state index contributed by atoms with van der Waals surface area (Å²) >= 11 is 0. The molecular formula is C25H35FN4O. The summed E-state index contributed by atoms with van der Waals surface area (Å²) in [7, 11) is 1.91. The topological polar surface area (TPSA) is 62.1 Å². The summed E-state index contributed by atoms with van der Waals surface area (Å²) in [5.74, 6) is 1.85. The third-order valence-corrected chi connectivity index (χ3v) is 6.05. The number of fused-ring (bicyclic) bond motifs is 1. The van der Waals surface area contributed by atoms with Crippen molar-refractivity contribution in [2.45, 2.75) is 64.8 Å². The van der Waals surface area contributed by atoms with Gasteiger partial charge in [0.1, 0.15) is 12.1 Å². The first-order valence-corrected chi connectivity index (χ1v) is 11.0. The summed E-state index contributed by atoms with van der Waals surface area (Å²) < 4.78 is 18.6. The van der Waals surface area contributed by atoms with Gasteiger partial charge in [-0.15, -0.1) is 0 Å². The minimum Gasteiger partial charge on any atom is -0.448 e. The lowest BCUT2D eigenvalue weighted by molar-refractivity contribution is 0.443. The molecule has 5 nitrogen and oxygen atoms in total. The van der Waals surface area contributed by atoms with E-state index in [0.717, 1.165) is 41.4 Å². The maximum absolute atomic E-state index is 12.8. The molecule has 0 amide bonds. The minimum absolute atomic E-state index is 0.0557. The van der Waals surface area contributed by atoms with Crippen molar-refractivity contribution in [3.63, 3.8) is 0 Å². The van der Waals surface area contributed by atoms with Crippen LogP contribution in [0.2, 0.25) is 0 Å². The monoisotopic (exact) mass is 426 g/mol. The predicted molar refractivity (Wildman–Crippen MR) is 124 cm³/mol. The van der Waals surface area contributed by atoms with Gasteiger partial charge in [0.25, 0.3) is 0 Å². The van der Waals surface area contributed by atoms with Gasteiger partial charge in [-0.1, -0.05) is 39.0 Å². The van der Waals surface area contributed by atoms with Crippen molar-refractivity contribution in [2.75, 3.05) is 12.5 Å². The number of nitrogens with zero attached hydrogens (tertiary/aromatic N) is 1. The second-order valence-electron chi connectivity index (χ2n) is 9.44. The molecule has 168 valence electrons. The highest BCUT2D eigenvalue weighted by Crippen LogP contribution is 2.41. The van der Waals surface area contributed by atoms with Crippen molar-refractivity contribution >= 4 is 5.69 Å². The van der Waals surface area contributed by atoms with Crippen LogP contribution in [0.4, 0.5) is 10.1 Å².